The van der Waals surface area contributed by atoms with Crippen LogP contribution in [0.15, 0.2) is 69.7 Å². The van der Waals surface area contributed by atoms with Crippen LogP contribution in [0.25, 0.3) is 11.0 Å². The number of aromatic nitrogens is 3. The topological polar surface area (TPSA) is 56.9 Å². The van der Waals surface area contributed by atoms with Gasteiger partial charge in [-0.05, 0) is 41.3 Å². The van der Waals surface area contributed by atoms with Crippen LogP contribution >= 0.6 is 11.3 Å². The van der Waals surface area contributed by atoms with Crippen molar-refractivity contribution in [3.8, 4) is 0 Å². The zero-order valence-electron chi connectivity index (χ0n) is 14.9. The first-order valence-electron chi connectivity index (χ1n) is 8.61. The van der Waals surface area contributed by atoms with Gasteiger partial charge in [-0.3, -0.25) is 13.9 Å². The van der Waals surface area contributed by atoms with E-state index in [-0.39, 0.29) is 24.1 Å². The molecule has 0 bridgehead atoms. The van der Waals surface area contributed by atoms with E-state index in [9.17, 15) is 22.8 Å². The molecule has 0 atom stereocenters. The van der Waals surface area contributed by atoms with Crippen LogP contribution in [0, 0.1) is 0 Å². The van der Waals surface area contributed by atoms with Crippen LogP contribution in [0.2, 0.25) is 0 Å². The number of rotatable bonds is 4. The molecule has 0 aliphatic rings. The minimum atomic E-state index is -4.48. The Morgan fingerprint density at radius 3 is 2.52 bits per heavy atom. The summed E-state index contributed by atoms with van der Waals surface area (Å²) in [7, 11) is 0. The van der Waals surface area contributed by atoms with Gasteiger partial charge in [0.2, 0.25) is 0 Å². The number of thiophene rings is 1. The van der Waals surface area contributed by atoms with Gasteiger partial charge in [-0.15, -0.1) is 11.3 Å². The normalized spacial score (nSPS) is 11.8. The molecule has 0 aliphatic heterocycles. The minimum Gasteiger partial charge on any atom is -0.287 e. The predicted octanol–water partition coefficient (Wildman–Crippen LogP) is 3.74. The lowest BCUT2D eigenvalue weighted by Gasteiger charge is -2.14. The summed E-state index contributed by atoms with van der Waals surface area (Å²) in [5.41, 5.74) is -1.25. The van der Waals surface area contributed by atoms with Crippen LogP contribution in [0.4, 0.5) is 13.2 Å². The molecule has 0 spiro atoms. The van der Waals surface area contributed by atoms with E-state index in [0.717, 1.165) is 21.6 Å². The number of fused-ring (bicyclic) bond motifs is 1. The largest absolute Gasteiger partial charge is 0.416 e. The highest BCUT2D eigenvalue weighted by Crippen LogP contribution is 2.29. The smallest absolute Gasteiger partial charge is 0.287 e. The Kier molecular flexibility index (Phi) is 4.83. The maximum absolute atomic E-state index is 13.1. The Bertz CT molecular complexity index is 1290. The summed E-state index contributed by atoms with van der Waals surface area (Å²) in [4.78, 5) is 30.8. The highest BCUT2D eigenvalue weighted by molar-refractivity contribution is 7.09. The maximum atomic E-state index is 13.1. The molecule has 4 aromatic rings. The quantitative estimate of drug-likeness (QED) is 0.508. The van der Waals surface area contributed by atoms with Crippen LogP contribution in [0.3, 0.4) is 0 Å². The first-order chi connectivity index (χ1) is 13.8. The molecule has 0 saturated carbocycles. The van der Waals surface area contributed by atoms with Crippen molar-refractivity contribution in [1.82, 2.24) is 14.1 Å². The van der Waals surface area contributed by atoms with Gasteiger partial charge in [0.25, 0.3) is 5.56 Å². The molecule has 0 N–H and O–H groups in total. The van der Waals surface area contributed by atoms with Gasteiger partial charge in [-0.1, -0.05) is 18.2 Å². The Morgan fingerprint density at radius 2 is 1.79 bits per heavy atom. The monoisotopic (exact) mass is 417 g/mol. The third-order valence-corrected chi connectivity index (χ3v) is 5.34. The molecule has 0 unspecified atom stereocenters. The lowest BCUT2D eigenvalue weighted by molar-refractivity contribution is -0.137. The summed E-state index contributed by atoms with van der Waals surface area (Å²) < 4.78 is 41.5. The highest BCUT2D eigenvalue weighted by Gasteiger charge is 2.30. The van der Waals surface area contributed by atoms with Crippen molar-refractivity contribution < 1.29 is 13.2 Å². The maximum Gasteiger partial charge on any atom is 0.416 e. The number of nitrogens with zero attached hydrogens (tertiary/aromatic N) is 3. The second-order valence-corrected chi connectivity index (χ2v) is 7.44. The summed E-state index contributed by atoms with van der Waals surface area (Å²) in [6.07, 6.45) is -3.04. The fourth-order valence-electron chi connectivity index (χ4n) is 3.12. The molecule has 5 nitrogen and oxygen atoms in total. The average Bonchev–Trinajstić information content (AvgIpc) is 3.21. The zero-order chi connectivity index (χ0) is 20.6. The average molecular weight is 417 g/mol. The Hall–Kier alpha value is -3.20. The van der Waals surface area contributed by atoms with Gasteiger partial charge >= 0.3 is 11.9 Å². The van der Waals surface area contributed by atoms with E-state index >= 15 is 0 Å². The van der Waals surface area contributed by atoms with Crippen LogP contribution in [-0.4, -0.2) is 14.1 Å². The van der Waals surface area contributed by atoms with Gasteiger partial charge in [-0.2, -0.15) is 13.2 Å². The fourth-order valence-corrected chi connectivity index (χ4v) is 3.81. The molecule has 0 fully saturated rings. The molecule has 9 heteroatoms. The lowest BCUT2D eigenvalue weighted by Crippen LogP contribution is -2.40. The molecule has 3 heterocycles. The lowest BCUT2D eigenvalue weighted by atomic mass is 10.1. The van der Waals surface area contributed by atoms with Crippen molar-refractivity contribution >= 4 is 22.4 Å². The molecule has 1 aromatic carbocycles. The van der Waals surface area contributed by atoms with E-state index in [1.807, 2.05) is 11.4 Å². The van der Waals surface area contributed by atoms with Gasteiger partial charge < -0.3 is 0 Å². The van der Waals surface area contributed by atoms with E-state index in [1.165, 1.54) is 34.2 Å². The highest BCUT2D eigenvalue weighted by atomic mass is 32.1. The number of hydrogen-bond acceptors (Lipinski definition) is 4. The minimum absolute atomic E-state index is 0.0738. The van der Waals surface area contributed by atoms with Crippen molar-refractivity contribution in [3.05, 3.63) is 96.9 Å². The molecule has 29 heavy (non-hydrogen) atoms. The van der Waals surface area contributed by atoms with Gasteiger partial charge in [0.05, 0.1) is 24.2 Å². The summed E-state index contributed by atoms with van der Waals surface area (Å²) in [6.45, 7) is -0.0416. The molecule has 0 amide bonds. The SMILES string of the molecule is O=c1c2ncccc2n(Cc2cccc(C(F)(F)F)c2)c(=O)n1Cc1cccs1. The number of benzene rings is 1. The van der Waals surface area contributed by atoms with Gasteiger partial charge in [0.15, 0.2) is 5.52 Å². The molecule has 0 radical (unpaired) electrons. The van der Waals surface area contributed by atoms with E-state index in [0.29, 0.717) is 5.56 Å². The van der Waals surface area contributed by atoms with Gasteiger partial charge in [-0.25, -0.2) is 9.78 Å². The summed E-state index contributed by atoms with van der Waals surface area (Å²) >= 11 is 1.40. The van der Waals surface area contributed by atoms with Crippen molar-refractivity contribution in [2.24, 2.45) is 0 Å². The van der Waals surface area contributed by atoms with Crippen molar-refractivity contribution in [3.63, 3.8) is 0 Å². The molecular weight excluding hydrogens is 403 g/mol. The second kappa shape index (κ2) is 7.32. The van der Waals surface area contributed by atoms with Crippen LogP contribution in [0.5, 0.6) is 0 Å². The summed E-state index contributed by atoms with van der Waals surface area (Å²) in [5, 5.41) is 1.83. The first-order valence-corrected chi connectivity index (χ1v) is 9.49. The molecule has 0 saturated heterocycles. The standard InChI is InChI=1S/C20H14F3N3O2S/c21-20(22,23)14-5-1-4-13(10-14)11-25-16-7-2-8-24-17(16)18(27)26(19(25)28)12-15-6-3-9-29-15/h1-10H,11-12H2. The van der Waals surface area contributed by atoms with Gasteiger partial charge in [0, 0.05) is 11.1 Å². The first kappa shape index (κ1) is 19.1. The van der Waals surface area contributed by atoms with Crippen LogP contribution in [0.1, 0.15) is 16.0 Å². The summed E-state index contributed by atoms with van der Waals surface area (Å²) in [5.74, 6) is 0. The van der Waals surface area contributed by atoms with E-state index < -0.39 is 23.0 Å². The van der Waals surface area contributed by atoms with Gasteiger partial charge in [0.1, 0.15) is 0 Å². The molecule has 148 valence electrons. The Labute approximate surface area is 166 Å². The van der Waals surface area contributed by atoms with Crippen LogP contribution < -0.4 is 11.2 Å². The molecule has 0 aliphatic carbocycles. The third-order valence-electron chi connectivity index (χ3n) is 4.48. The van der Waals surface area contributed by atoms with Crippen molar-refractivity contribution in [2.75, 3.05) is 0 Å². The Morgan fingerprint density at radius 1 is 0.966 bits per heavy atom. The number of halogens is 3. The predicted molar refractivity (Wildman–Crippen MR) is 104 cm³/mol. The fraction of sp³-hybridized carbons (Fsp3) is 0.150. The number of hydrogen-bond donors (Lipinski definition) is 0. The van der Waals surface area contributed by atoms with Crippen LogP contribution in [-0.2, 0) is 19.3 Å². The third kappa shape index (κ3) is 3.73. The van der Waals surface area contributed by atoms with E-state index in [4.69, 9.17) is 0 Å². The second-order valence-electron chi connectivity index (χ2n) is 6.41. The molecular formula is C20H14F3N3O2S. The summed E-state index contributed by atoms with van der Waals surface area (Å²) in [6, 6.07) is 11.5. The molecule has 4 rings (SSSR count). The number of pyridine rings is 1. The van der Waals surface area contributed by atoms with Crippen molar-refractivity contribution in [2.45, 2.75) is 19.3 Å². The molecule has 3 aromatic heterocycles. The van der Waals surface area contributed by atoms with E-state index in [1.54, 1.807) is 18.2 Å². The number of alkyl halides is 3. The Balaban J connectivity index is 1.88. The van der Waals surface area contributed by atoms with Crippen molar-refractivity contribution in [1.29, 1.82) is 0 Å². The zero-order valence-corrected chi connectivity index (χ0v) is 15.7. The van der Waals surface area contributed by atoms with E-state index in [2.05, 4.69) is 4.98 Å².